The highest BCUT2D eigenvalue weighted by Gasteiger charge is 2.05. The molecule has 1 heterocycles. The predicted molar refractivity (Wildman–Crippen MR) is 98.8 cm³/mol. The van der Waals surface area contributed by atoms with Crippen molar-refractivity contribution in [3.8, 4) is 0 Å². The highest BCUT2D eigenvalue weighted by Crippen LogP contribution is 2.08. The van der Waals surface area contributed by atoms with E-state index in [9.17, 15) is 0 Å². The fourth-order valence-electron chi connectivity index (χ4n) is 2.59. The van der Waals surface area contributed by atoms with Gasteiger partial charge in [0.1, 0.15) is 5.82 Å². The Morgan fingerprint density at radius 3 is 2.61 bits per heavy atom. The van der Waals surface area contributed by atoms with Gasteiger partial charge < -0.3 is 15.2 Å². The van der Waals surface area contributed by atoms with Crippen LogP contribution in [0.2, 0.25) is 0 Å². The zero-order valence-electron chi connectivity index (χ0n) is 15.6. The van der Waals surface area contributed by atoms with E-state index in [0.717, 1.165) is 43.6 Å². The second-order valence-electron chi connectivity index (χ2n) is 6.74. The number of guanidine groups is 1. The number of unbranched alkanes of at least 4 members (excludes halogenated alkanes) is 1. The minimum absolute atomic E-state index is 0.466. The second-order valence-corrected chi connectivity index (χ2v) is 6.74. The number of aliphatic imine (C=N–C) groups is 1. The third-order valence-electron chi connectivity index (χ3n) is 4.07. The van der Waals surface area contributed by atoms with Crippen LogP contribution in [0.3, 0.4) is 0 Å². The maximum atomic E-state index is 4.31. The molecule has 1 unspecified atom stereocenters. The van der Waals surface area contributed by atoms with Crippen LogP contribution in [0, 0.1) is 12.8 Å². The minimum Gasteiger partial charge on any atom is -0.356 e. The quantitative estimate of drug-likeness (QED) is 0.395. The van der Waals surface area contributed by atoms with Gasteiger partial charge in [-0.3, -0.25) is 4.99 Å². The van der Waals surface area contributed by atoms with E-state index >= 15 is 0 Å². The van der Waals surface area contributed by atoms with E-state index in [-0.39, 0.29) is 0 Å². The van der Waals surface area contributed by atoms with E-state index < -0.39 is 0 Å². The van der Waals surface area contributed by atoms with Crippen LogP contribution in [0.5, 0.6) is 0 Å². The van der Waals surface area contributed by atoms with Crippen molar-refractivity contribution < 1.29 is 0 Å². The van der Waals surface area contributed by atoms with Crippen LogP contribution in [0.25, 0.3) is 0 Å². The summed E-state index contributed by atoms with van der Waals surface area (Å²) in [4.78, 5) is 8.56. The topological polar surface area (TPSA) is 54.2 Å². The molecule has 0 fully saturated rings. The van der Waals surface area contributed by atoms with Gasteiger partial charge in [0.25, 0.3) is 0 Å². The van der Waals surface area contributed by atoms with Gasteiger partial charge in [0, 0.05) is 38.6 Å². The molecule has 0 spiro atoms. The van der Waals surface area contributed by atoms with Gasteiger partial charge >= 0.3 is 0 Å². The minimum atomic E-state index is 0.466. The highest BCUT2D eigenvalue weighted by molar-refractivity contribution is 5.79. The molecule has 1 aromatic heterocycles. The van der Waals surface area contributed by atoms with Gasteiger partial charge in [-0.2, -0.15) is 0 Å². The first kappa shape index (κ1) is 19.5. The average Bonchev–Trinajstić information content (AvgIpc) is 2.90. The maximum absolute atomic E-state index is 4.31. The van der Waals surface area contributed by atoms with Gasteiger partial charge in [-0.25, -0.2) is 4.98 Å². The lowest BCUT2D eigenvalue weighted by Gasteiger charge is -2.18. The predicted octanol–water partition coefficient (Wildman–Crippen LogP) is 3.35. The van der Waals surface area contributed by atoms with Crippen LogP contribution in [-0.2, 0) is 6.54 Å². The van der Waals surface area contributed by atoms with Crippen LogP contribution < -0.4 is 10.6 Å². The molecule has 0 bridgehead atoms. The summed E-state index contributed by atoms with van der Waals surface area (Å²) in [7, 11) is 1.84. The Balaban J connectivity index is 2.12. The zero-order valence-corrected chi connectivity index (χ0v) is 15.6. The van der Waals surface area contributed by atoms with E-state index in [1.807, 2.05) is 26.4 Å². The lowest BCUT2D eigenvalue weighted by Crippen LogP contribution is -2.42. The first-order valence-corrected chi connectivity index (χ1v) is 8.97. The van der Waals surface area contributed by atoms with Gasteiger partial charge in [-0.15, -0.1) is 0 Å². The Morgan fingerprint density at radius 1 is 1.22 bits per heavy atom. The van der Waals surface area contributed by atoms with Crippen LogP contribution in [0.15, 0.2) is 17.4 Å². The summed E-state index contributed by atoms with van der Waals surface area (Å²) in [6, 6.07) is 0.466. The highest BCUT2D eigenvalue weighted by atomic mass is 15.2. The first-order valence-electron chi connectivity index (χ1n) is 8.97. The summed E-state index contributed by atoms with van der Waals surface area (Å²) < 4.78 is 2.20. The van der Waals surface area contributed by atoms with Gasteiger partial charge in [-0.1, -0.05) is 26.7 Å². The molecular formula is C18H35N5. The molecule has 1 rings (SSSR count). The number of rotatable bonds is 10. The normalized spacial score (nSPS) is 13.4. The third-order valence-corrected chi connectivity index (χ3v) is 4.07. The number of nitrogens with one attached hydrogen (secondary N) is 2. The molecule has 0 aromatic carbocycles. The molecule has 0 amide bonds. The van der Waals surface area contributed by atoms with Crippen LogP contribution in [0.1, 0.15) is 58.7 Å². The molecule has 0 saturated carbocycles. The van der Waals surface area contributed by atoms with E-state index in [1.54, 1.807) is 0 Å². The third kappa shape index (κ3) is 8.62. The molecule has 0 aliphatic rings. The van der Waals surface area contributed by atoms with Crippen LogP contribution in [0.4, 0.5) is 0 Å². The number of nitrogens with zero attached hydrogens (tertiary/aromatic N) is 3. The van der Waals surface area contributed by atoms with Crippen molar-refractivity contribution in [3.05, 3.63) is 18.2 Å². The lowest BCUT2D eigenvalue weighted by molar-refractivity contribution is 0.490. The average molecular weight is 322 g/mol. The molecule has 23 heavy (non-hydrogen) atoms. The van der Waals surface area contributed by atoms with Gasteiger partial charge in [0.05, 0.1) is 0 Å². The SMILES string of the molecule is CN=C(NCCCCn1ccnc1C)NC(C)CCCC(C)C. The van der Waals surface area contributed by atoms with E-state index in [2.05, 4.69) is 45.9 Å². The van der Waals surface area contributed by atoms with Crippen molar-refractivity contribution in [1.82, 2.24) is 20.2 Å². The molecule has 5 nitrogen and oxygen atoms in total. The Hall–Kier alpha value is -1.52. The maximum Gasteiger partial charge on any atom is 0.191 e. The number of hydrogen-bond acceptors (Lipinski definition) is 2. The number of aryl methyl sites for hydroxylation is 2. The molecule has 2 N–H and O–H groups in total. The summed E-state index contributed by atoms with van der Waals surface area (Å²) in [6.07, 6.45) is 9.94. The summed E-state index contributed by atoms with van der Waals surface area (Å²) >= 11 is 0. The smallest absolute Gasteiger partial charge is 0.191 e. The molecular weight excluding hydrogens is 286 g/mol. The van der Waals surface area contributed by atoms with Crippen molar-refractivity contribution in [2.75, 3.05) is 13.6 Å². The summed E-state index contributed by atoms with van der Waals surface area (Å²) in [5.41, 5.74) is 0. The lowest BCUT2D eigenvalue weighted by atomic mass is 10.0. The Labute approximate surface area is 142 Å². The van der Waals surface area contributed by atoms with Crippen LogP contribution in [-0.4, -0.2) is 35.1 Å². The number of hydrogen-bond donors (Lipinski definition) is 2. The largest absolute Gasteiger partial charge is 0.356 e. The first-order chi connectivity index (χ1) is 11.0. The monoisotopic (exact) mass is 321 g/mol. The second kappa shape index (κ2) is 11.1. The van der Waals surface area contributed by atoms with E-state index in [1.165, 1.54) is 19.3 Å². The molecule has 0 aliphatic heterocycles. The van der Waals surface area contributed by atoms with Gasteiger partial charge in [0.2, 0.25) is 0 Å². The molecule has 0 saturated heterocycles. The van der Waals surface area contributed by atoms with Crippen molar-refractivity contribution in [2.45, 2.75) is 72.4 Å². The fourth-order valence-corrected chi connectivity index (χ4v) is 2.59. The summed E-state index contributed by atoms with van der Waals surface area (Å²) in [5, 5.41) is 6.89. The van der Waals surface area contributed by atoms with Gasteiger partial charge in [0.15, 0.2) is 5.96 Å². The van der Waals surface area contributed by atoms with Crippen molar-refractivity contribution >= 4 is 5.96 Å². The Kier molecular flexibility index (Phi) is 9.41. The summed E-state index contributed by atoms with van der Waals surface area (Å²) in [5.74, 6) is 2.80. The van der Waals surface area contributed by atoms with Crippen molar-refractivity contribution in [2.24, 2.45) is 10.9 Å². The zero-order chi connectivity index (χ0) is 17.1. The fraction of sp³-hybridized carbons (Fsp3) is 0.778. The number of imidazole rings is 1. The summed E-state index contributed by atoms with van der Waals surface area (Å²) in [6.45, 7) is 10.8. The number of aromatic nitrogens is 2. The molecule has 132 valence electrons. The Morgan fingerprint density at radius 2 is 2.00 bits per heavy atom. The molecule has 0 radical (unpaired) electrons. The van der Waals surface area contributed by atoms with Gasteiger partial charge in [-0.05, 0) is 39.0 Å². The molecule has 1 atom stereocenters. The van der Waals surface area contributed by atoms with E-state index in [0.29, 0.717) is 6.04 Å². The molecule has 1 aromatic rings. The standard InChI is InChI=1S/C18H35N5/c1-15(2)9-8-10-16(3)22-18(19-5)21-11-6-7-13-23-14-12-20-17(23)4/h12,14-16H,6-11,13H2,1-5H3,(H2,19,21,22). The van der Waals surface area contributed by atoms with Crippen LogP contribution >= 0.6 is 0 Å². The molecule has 5 heteroatoms. The van der Waals surface area contributed by atoms with Crippen molar-refractivity contribution in [3.63, 3.8) is 0 Å². The van der Waals surface area contributed by atoms with E-state index in [4.69, 9.17) is 0 Å². The molecule has 0 aliphatic carbocycles. The van der Waals surface area contributed by atoms with Crippen molar-refractivity contribution in [1.29, 1.82) is 0 Å². The Bertz CT molecular complexity index is 450.